The largest absolute Gasteiger partial charge is 0.484 e. The van der Waals surface area contributed by atoms with Gasteiger partial charge in [-0.25, -0.2) is 0 Å². The SMILES string of the molecule is Cc1cccc(OCC(=O)N[C@H](C[NH+]2CCOCC2)c2ccccc2)c1. The molecule has 2 aromatic carbocycles. The molecule has 1 heterocycles. The molecular weight excluding hydrogens is 328 g/mol. The van der Waals surface area contributed by atoms with Crippen LogP contribution in [0.25, 0.3) is 0 Å². The number of quaternary nitrogens is 1. The Bertz CT molecular complexity index is 699. The predicted molar refractivity (Wildman–Crippen MR) is 100 cm³/mol. The quantitative estimate of drug-likeness (QED) is 0.783. The first kappa shape index (κ1) is 18.4. The summed E-state index contributed by atoms with van der Waals surface area (Å²) < 4.78 is 11.1. The van der Waals surface area contributed by atoms with Gasteiger partial charge in [0.15, 0.2) is 6.61 Å². The summed E-state index contributed by atoms with van der Waals surface area (Å²) >= 11 is 0. The van der Waals surface area contributed by atoms with Crippen molar-refractivity contribution in [3.8, 4) is 5.75 Å². The molecule has 1 amide bonds. The van der Waals surface area contributed by atoms with Crippen LogP contribution in [-0.4, -0.2) is 45.4 Å². The zero-order valence-electron chi connectivity index (χ0n) is 15.2. The van der Waals surface area contributed by atoms with Crippen molar-refractivity contribution in [1.29, 1.82) is 0 Å². The van der Waals surface area contributed by atoms with Crippen LogP contribution >= 0.6 is 0 Å². The summed E-state index contributed by atoms with van der Waals surface area (Å²) in [5.74, 6) is 0.614. The molecule has 2 aromatic rings. The number of carbonyl (C=O) groups excluding carboxylic acids is 1. The molecule has 0 spiro atoms. The lowest BCUT2D eigenvalue weighted by atomic mass is 10.1. The standard InChI is InChI=1S/C21H26N2O3/c1-17-6-5-9-19(14-17)26-16-21(24)22-20(18-7-3-2-4-8-18)15-23-10-12-25-13-11-23/h2-9,14,20H,10-13,15-16H2,1H3,(H,22,24)/p+1/t20-/m1/s1. The van der Waals surface area contributed by atoms with Gasteiger partial charge in [0.25, 0.3) is 5.91 Å². The molecule has 5 heteroatoms. The third-order valence-corrected chi connectivity index (χ3v) is 4.59. The second-order valence-electron chi connectivity index (χ2n) is 6.70. The summed E-state index contributed by atoms with van der Waals surface area (Å²) in [6.07, 6.45) is 0. The van der Waals surface area contributed by atoms with Crippen LogP contribution in [0, 0.1) is 6.92 Å². The summed E-state index contributed by atoms with van der Waals surface area (Å²) in [7, 11) is 0. The Labute approximate surface area is 154 Å². The maximum absolute atomic E-state index is 12.5. The minimum absolute atomic E-state index is 0.0191. The van der Waals surface area contributed by atoms with Crippen LogP contribution in [0.15, 0.2) is 54.6 Å². The third kappa shape index (κ3) is 5.58. The Kier molecular flexibility index (Phi) is 6.63. The molecule has 0 saturated carbocycles. The predicted octanol–water partition coefficient (Wildman–Crippen LogP) is 1.15. The Morgan fingerprint density at radius 1 is 1.15 bits per heavy atom. The summed E-state index contributed by atoms with van der Waals surface area (Å²) in [6, 6.07) is 17.8. The highest BCUT2D eigenvalue weighted by atomic mass is 16.5. The number of benzene rings is 2. The Balaban J connectivity index is 1.59. The minimum Gasteiger partial charge on any atom is -0.484 e. The van der Waals surface area contributed by atoms with E-state index in [2.05, 4.69) is 17.4 Å². The molecule has 5 nitrogen and oxygen atoms in total. The first-order chi connectivity index (χ1) is 12.7. The summed E-state index contributed by atoms with van der Waals surface area (Å²) in [4.78, 5) is 13.9. The second kappa shape index (κ2) is 9.36. The normalized spacial score (nSPS) is 16.0. The highest BCUT2D eigenvalue weighted by Gasteiger charge is 2.23. The lowest BCUT2D eigenvalue weighted by molar-refractivity contribution is -0.909. The van der Waals surface area contributed by atoms with Gasteiger partial charge in [0.1, 0.15) is 31.4 Å². The fraction of sp³-hybridized carbons (Fsp3) is 0.381. The zero-order chi connectivity index (χ0) is 18.2. The summed E-state index contributed by atoms with van der Waals surface area (Å²) in [6.45, 7) is 6.37. The number of rotatable bonds is 7. The van der Waals surface area contributed by atoms with Gasteiger partial charge in [0.05, 0.1) is 13.2 Å². The maximum atomic E-state index is 12.5. The molecule has 1 aliphatic heterocycles. The topological polar surface area (TPSA) is 52.0 Å². The molecule has 0 aliphatic carbocycles. The van der Waals surface area contributed by atoms with Crippen molar-refractivity contribution in [2.24, 2.45) is 0 Å². The van der Waals surface area contributed by atoms with Crippen molar-refractivity contribution < 1.29 is 19.2 Å². The molecule has 0 aromatic heterocycles. The van der Waals surface area contributed by atoms with Crippen molar-refractivity contribution >= 4 is 5.91 Å². The average molecular weight is 355 g/mol. The maximum Gasteiger partial charge on any atom is 0.258 e. The van der Waals surface area contributed by atoms with Crippen molar-refractivity contribution in [2.45, 2.75) is 13.0 Å². The lowest BCUT2D eigenvalue weighted by Crippen LogP contribution is -3.14. The van der Waals surface area contributed by atoms with Gasteiger partial charge in [0, 0.05) is 0 Å². The third-order valence-electron chi connectivity index (χ3n) is 4.59. The van der Waals surface area contributed by atoms with E-state index < -0.39 is 0 Å². The Morgan fingerprint density at radius 2 is 1.92 bits per heavy atom. The van der Waals surface area contributed by atoms with E-state index in [1.54, 1.807) is 0 Å². The van der Waals surface area contributed by atoms with Gasteiger partial charge in [-0.05, 0) is 30.2 Å². The van der Waals surface area contributed by atoms with Gasteiger partial charge in [-0.1, -0.05) is 42.5 Å². The van der Waals surface area contributed by atoms with Crippen LogP contribution in [0.4, 0.5) is 0 Å². The fourth-order valence-electron chi connectivity index (χ4n) is 3.18. The molecule has 26 heavy (non-hydrogen) atoms. The molecule has 138 valence electrons. The lowest BCUT2D eigenvalue weighted by Gasteiger charge is -2.28. The number of ether oxygens (including phenoxy) is 2. The van der Waals surface area contributed by atoms with Gasteiger partial charge in [-0.2, -0.15) is 0 Å². The zero-order valence-corrected chi connectivity index (χ0v) is 15.2. The number of aryl methyl sites for hydroxylation is 1. The van der Waals surface area contributed by atoms with Gasteiger partial charge in [0.2, 0.25) is 0 Å². The molecule has 0 unspecified atom stereocenters. The number of hydrogen-bond acceptors (Lipinski definition) is 3. The highest BCUT2D eigenvalue weighted by Crippen LogP contribution is 2.13. The second-order valence-corrected chi connectivity index (χ2v) is 6.70. The molecule has 1 atom stereocenters. The molecular formula is C21H27N2O3+. The molecule has 1 aliphatic rings. The monoisotopic (exact) mass is 355 g/mol. The molecule has 1 fully saturated rings. The van der Waals surface area contributed by atoms with Crippen LogP contribution in [0.2, 0.25) is 0 Å². The van der Waals surface area contributed by atoms with E-state index in [0.29, 0.717) is 0 Å². The molecule has 0 radical (unpaired) electrons. The molecule has 0 bridgehead atoms. The first-order valence-corrected chi connectivity index (χ1v) is 9.16. The van der Waals surface area contributed by atoms with E-state index in [1.165, 1.54) is 4.90 Å². The first-order valence-electron chi connectivity index (χ1n) is 9.16. The van der Waals surface area contributed by atoms with E-state index >= 15 is 0 Å². The Hall–Kier alpha value is -2.37. The van der Waals surface area contributed by atoms with Crippen LogP contribution in [0.5, 0.6) is 5.75 Å². The smallest absolute Gasteiger partial charge is 0.258 e. The summed E-state index contributed by atoms with van der Waals surface area (Å²) in [5, 5.41) is 3.14. The van der Waals surface area contributed by atoms with Gasteiger partial charge >= 0.3 is 0 Å². The number of nitrogens with one attached hydrogen (secondary N) is 2. The van der Waals surface area contributed by atoms with E-state index in [1.807, 2.05) is 49.4 Å². The van der Waals surface area contributed by atoms with Crippen molar-refractivity contribution in [3.63, 3.8) is 0 Å². The van der Waals surface area contributed by atoms with E-state index in [0.717, 1.165) is 49.7 Å². The average Bonchev–Trinajstić information content (AvgIpc) is 2.67. The van der Waals surface area contributed by atoms with Crippen molar-refractivity contribution in [2.75, 3.05) is 39.5 Å². The van der Waals surface area contributed by atoms with Gasteiger partial charge in [-0.15, -0.1) is 0 Å². The van der Waals surface area contributed by atoms with Crippen LogP contribution in [0.1, 0.15) is 17.2 Å². The molecule has 1 saturated heterocycles. The number of hydrogen-bond donors (Lipinski definition) is 2. The van der Waals surface area contributed by atoms with Crippen LogP contribution in [0.3, 0.4) is 0 Å². The minimum atomic E-state index is -0.104. The number of carbonyl (C=O) groups is 1. The molecule has 3 rings (SSSR count). The van der Waals surface area contributed by atoms with Crippen molar-refractivity contribution in [3.05, 3.63) is 65.7 Å². The van der Waals surface area contributed by atoms with Crippen LogP contribution < -0.4 is 15.0 Å². The fourth-order valence-corrected chi connectivity index (χ4v) is 3.18. The molecule has 2 N–H and O–H groups in total. The van der Waals surface area contributed by atoms with Crippen molar-refractivity contribution in [1.82, 2.24) is 5.32 Å². The van der Waals surface area contributed by atoms with E-state index in [9.17, 15) is 4.79 Å². The van der Waals surface area contributed by atoms with Gasteiger partial charge < -0.3 is 19.7 Å². The van der Waals surface area contributed by atoms with Gasteiger partial charge in [-0.3, -0.25) is 4.79 Å². The summed E-state index contributed by atoms with van der Waals surface area (Å²) in [5.41, 5.74) is 2.23. The van der Waals surface area contributed by atoms with E-state index in [-0.39, 0.29) is 18.6 Å². The number of amides is 1. The van der Waals surface area contributed by atoms with E-state index in [4.69, 9.17) is 9.47 Å². The van der Waals surface area contributed by atoms with Crippen LogP contribution in [-0.2, 0) is 9.53 Å². The number of morpholine rings is 1. The Morgan fingerprint density at radius 3 is 2.65 bits per heavy atom. The highest BCUT2D eigenvalue weighted by molar-refractivity contribution is 5.78.